The van der Waals surface area contributed by atoms with Crippen LogP contribution in [-0.2, 0) is 11.3 Å². The molecule has 1 amide bonds. The van der Waals surface area contributed by atoms with Crippen LogP contribution < -0.4 is 10.2 Å². The van der Waals surface area contributed by atoms with Crippen LogP contribution in [0.1, 0.15) is 19.4 Å². The summed E-state index contributed by atoms with van der Waals surface area (Å²) >= 11 is 3.01. The van der Waals surface area contributed by atoms with Crippen molar-refractivity contribution < 1.29 is 9.69 Å². The van der Waals surface area contributed by atoms with Crippen LogP contribution in [0.25, 0.3) is 0 Å². The number of rotatable bonds is 7. The molecule has 2 aromatic rings. The van der Waals surface area contributed by atoms with Gasteiger partial charge in [-0.2, -0.15) is 0 Å². The van der Waals surface area contributed by atoms with E-state index in [9.17, 15) is 4.79 Å². The van der Waals surface area contributed by atoms with Crippen LogP contribution in [0.3, 0.4) is 0 Å². The lowest BCUT2D eigenvalue weighted by atomic mass is 10.2. The van der Waals surface area contributed by atoms with Crippen LogP contribution in [0.4, 0.5) is 5.13 Å². The molecule has 0 unspecified atom stereocenters. The highest BCUT2D eigenvalue weighted by Gasteiger charge is 2.28. The van der Waals surface area contributed by atoms with Crippen molar-refractivity contribution in [2.24, 2.45) is 0 Å². The van der Waals surface area contributed by atoms with Gasteiger partial charge in [-0.1, -0.05) is 53.4 Å². The molecular weight excluding hydrogens is 366 g/mol. The molecule has 26 heavy (non-hydrogen) atoms. The van der Waals surface area contributed by atoms with Gasteiger partial charge in [0.2, 0.25) is 11.0 Å². The maximum Gasteiger partial charge on any atom is 0.236 e. The summed E-state index contributed by atoms with van der Waals surface area (Å²) in [7, 11) is 0. The highest BCUT2D eigenvalue weighted by Crippen LogP contribution is 2.29. The smallest absolute Gasteiger partial charge is 0.236 e. The zero-order chi connectivity index (χ0) is 18.4. The number of nitrogens with one attached hydrogen (secondary N) is 2. The Kier molecular flexibility index (Phi) is 6.87. The molecule has 0 saturated carbocycles. The van der Waals surface area contributed by atoms with E-state index in [1.165, 1.54) is 28.7 Å². The Morgan fingerprint density at radius 1 is 1.31 bits per heavy atom. The summed E-state index contributed by atoms with van der Waals surface area (Å²) in [5.74, 6) is 0.203. The molecule has 1 aromatic heterocycles. The maximum atomic E-state index is 12.7. The van der Waals surface area contributed by atoms with Crippen LogP contribution in [-0.4, -0.2) is 59.0 Å². The molecule has 2 N–H and O–H groups in total. The Labute approximate surface area is 163 Å². The first-order valence-corrected chi connectivity index (χ1v) is 10.8. The summed E-state index contributed by atoms with van der Waals surface area (Å²) in [5, 5.41) is 12.1. The molecule has 140 valence electrons. The number of hydrogen-bond donors (Lipinski definition) is 2. The van der Waals surface area contributed by atoms with Crippen molar-refractivity contribution in [3.05, 3.63) is 35.9 Å². The van der Waals surface area contributed by atoms with E-state index in [2.05, 4.69) is 39.8 Å². The monoisotopic (exact) mass is 392 g/mol. The van der Waals surface area contributed by atoms with Crippen LogP contribution in [0, 0.1) is 0 Å². The number of nitrogens with zero attached hydrogens (tertiary/aromatic N) is 3. The first-order valence-electron chi connectivity index (χ1n) is 9.06. The average Bonchev–Trinajstić information content (AvgIpc) is 3.10. The molecule has 0 radical (unpaired) electrons. The topological polar surface area (TPSA) is 62.6 Å². The van der Waals surface area contributed by atoms with Gasteiger partial charge in [0.05, 0.1) is 31.4 Å². The Morgan fingerprint density at radius 2 is 2.04 bits per heavy atom. The first kappa shape index (κ1) is 19.1. The Bertz CT molecular complexity index is 701. The third kappa shape index (κ3) is 5.18. The number of aromatic nitrogens is 2. The van der Waals surface area contributed by atoms with E-state index in [1.807, 2.05) is 24.8 Å². The fourth-order valence-corrected chi connectivity index (χ4v) is 5.09. The summed E-state index contributed by atoms with van der Waals surface area (Å²) in [4.78, 5) is 16.3. The Balaban J connectivity index is 1.46. The number of piperazine rings is 1. The number of anilines is 1. The molecule has 3 rings (SSSR count). The number of quaternary nitrogens is 1. The number of carbonyl (C=O) groups is 1. The van der Waals surface area contributed by atoms with Gasteiger partial charge in [0, 0.05) is 12.1 Å². The fraction of sp³-hybridized carbons (Fsp3) is 0.500. The van der Waals surface area contributed by atoms with Crippen molar-refractivity contribution in [2.75, 3.05) is 38.0 Å². The van der Waals surface area contributed by atoms with Crippen LogP contribution in [0.15, 0.2) is 34.7 Å². The van der Waals surface area contributed by atoms with Gasteiger partial charge in [0.25, 0.3) is 0 Å². The normalized spacial score (nSPS) is 16.5. The predicted molar refractivity (Wildman–Crippen MR) is 107 cm³/mol. The zero-order valence-electron chi connectivity index (χ0n) is 15.3. The quantitative estimate of drug-likeness (QED) is 0.697. The molecule has 1 aliphatic rings. The lowest BCUT2D eigenvalue weighted by Gasteiger charge is -2.33. The van der Waals surface area contributed by atoms with Gasteiger partial charge < -0.3 is 15.1 Å². The van der Waals surface area contributed by atoms with Gasteiger partial charge in [-0.3, -0.25) is 4.79 Å². The second-order valence-corrected chi connectivity index (χ2v) is 8.97. The molecule has 1 aliphatic heterocycles. The van der Waals surface area contributed by atoms with E-state index in [-0.39, 0.29) is 11.2 Å². The van der Waals surface area contributed by atoms with E-state index in [0.29, 0.717) is 0 Å². The molecule has 0 aliphatic carbocycles. The van der Waals surface area contributed by atoms with Gasteiger partial charge in [-0.15, -0.1) is 10.2 Å². The lowest BCUT2D eigenvalue weighted by molar-refractivity contribution is -0.917. The minimum atomic E-state index is -0.131. The molecule has 2 heterocycles. The number of carbonyl (C=O) groups excluding carboxylic acids is 1. The molecule has 6 nitrogen and oxygen atoms in total. The predicted octanol–water partition coefficient (Wildman–Crippen LogP) is 1.38. The second kappa shape index (κ2) is 9.34. The fourth-order valence-electron chi connectivity index (χ4n) is 3.04. The average molecular weight is 393 g/mol. The molecule has 1 fully saturated rings. The van der Waals surface area contributed by atoms with Crippen LogP contribution in [0.2, 0.25) is 0 Å². The van der Waals surface area contributed by atoms with Gasteiger partial charge in [0.15, 0.2) is 4.34 Å². The van der Waals surface area contributed by atoms with Gasteiger partial charge in [-0.25, -0.2) is 0 Å². The summed E-state index contributed by atoms with van der Waals surface area (Å²) in [6, 6.07) is 10.6. The largest absolute Gasteiger partial charge is 0.360 e. The van der Waals surface area contributed by atoms with Gasteiger partial charge in [-0.05, 0) is 13.8 Å². The zero-order valence-corrected chi connectivity index (χ0v) is 16.9. The van der Waals surface area contributed by atoms with E-state index in [1.54, 1.807) is 4.90 Å². The van der Waals surface area contributed by atoms with Crippen molar-refractivity contribution in [3.63, 3.8) is 0 Å². The first-order chi connectivity index (χ1) is 12.7. The molecular formula is C18H26N5OS2+. The van der Waals surface area contributed by atoms with E-state index in [4.69, 9.17) is 0 Å². The van der Waals surface area contributed by atoms with Crippen molar-refractivity contribution in [1.29, 1.82) is 0 Å². The van der Waals surface area contributed by atoms with Gasteiger partial charge in [0.1, 0.15) is 6.54 Å². The molecule has 0 spiro atoms. The van der Waals surface area contributed by atoms with E-state index < -0.39 is 0 Å². The molecule has 1 saturated heterocycles. The highest BCUT2D eigenvalue weighted by atomic mass is 32.2. The minimum absolute atomic E-state index is 0.131. The Hall–Kier alpha value is -1.64. The number of thioether (sulfide) groups is 1. The van der Waals surface area contributed by atoms with Crippen LogP contribution >= 0.6 is 23.1 Å². The van der Waals surface area contributed by atoms with Crippen molar-refractivity contribution in [3.8, 4) is 0 Å². The number of benzene rings is 1. The molecule has 8 heteroatoms. The van der Waals surface area contributed by atoms with E-state index in [0.717, 1.165) is 48.7 Å². The Morgan fingerprint density at radius 3 is 2.73 bits per heavy atom. The summed E-state index contributed by atoms with van der Waals surface area (Å²) in [6.07, 6.45) is 0. The second-order valence-electron chi connectivity index (χ2n) is 6.40. The van der Waals surface area contributed by atoms with Crippen molar-refractivity contribution in [1.82, 2.24) is 15.1 Å². The van der Waals surface area contributed by atoms with Crippen molar-refractivity contribution >= 4 is 34.1 Å². The highest BCUT2D eigenvalue weighted by molar-refractivity contribution is 8.02. The van der Waals surface area contributed by atoms with E-state index >= 15 is 0 Å². The third-order valence-electron chi connectivity index (χ3n) is 4.44. The summed E-state index contributed by atoms with van der Waals surface area (Å²) < 4.78 is 0.843. The summed E-state index contributed by atoms with van der Waals surface area (Å²) in [6.45, 7) is 9.50. The minimum Gasteiger partial charge on any atom is -0.360 e. The SMILES string of the molecule is CCNc1nnc(S[C@H](C)C(=O)N2CC[NH+](Cc3ccccc3)CC2)s1. The number of amides is 1. The lowest BCUT2D eigenvalue weighted by Crippen LogP contribution is -3.13. The molecule has 1 aromatic carbocycles. The van der Waals surface area contributed by atoms with Crippen molar-refractivity contribution in [2.45, 2.75) is 30.0 Å². The summed E-state index contributed by atoms with van der Waals surface area (Å²) in [5.41, 5.74) is 1.36. The van der Waals surface area contributed by atoms with Gasteiger partial charge >= 0.3 is 0 Å². The standard InChI is InChI=1S/C18H25N5OS2/c1-3-19-17-20-21-18(26-17)25-14(2)16(24)23-11-9-22(10-12-23)13-15-7-5-4-6-8-15/h4-8,14H,3,9-13H2,1-2H3,(H,19,20)/p+1/t14-/m1/s1. The maximum absolute atomic E-state index is 12.7. The molecule has 1 atom stereocenters. The number of hydrogen-bond acceptors (Lipinski definition) is 6. The van der Waals surface area contributed by atoms with Crippen LogP contribution in [0.5, 0.6) is 0 Å². The third-order valence-corrected chi connectivity index (χ3v) is 6.49. The molecule has 0 bridgehead atoms.